The van der Waals surface area contributed by atoms with E-state index in [0.29, 0.717) is 11.5 Å². The number of rotatable bonds is 0. The summed E-state index contributed by atoms with van der Waals surface area (Å²) in [5.74, 6) is 1.15. The zero-order chi connectivity index (χ0) is 11.1. The summed E-state index contributed by atoms with van der Waals surface area (Å²) in [6.07, 6.45) is 0. The fourth-order valence-electron chi connectivity index (χ4n) is 1.62. The van der Waals surface area contributed by atoms with E-state index < -0.39 is 0 Å². The second kappa shape index (κ2) is 4.02. The third-order valence-corrected chi connectivity index (χ3v) is 4.56. The van der Waals surface area contributed by atoms with Gasteiger partial charge in [-0.25, -0.2) is 0 Å². The fraction of sp³-hybridized carbons (Fsp3) is 0.500. The molecule has 1 aromatic carbocycles. The molecule has 1 aromatic rings. The van der Waals surface area contributed by atoms with Gasteiger partial charge >= 0.3 is 0 Å². The van der Waals surface area contributed by atoms with Gasteiger partial charge in [-0.1, -0.05) is 26.8 Å². The van der Waals surface area contributed by atoms with Gasteiger partial charge < -0.3 is 5.32 Å². The Bertz CT molecular complexity index is 370. The molecule has 0 fully saturated rings. The Morgan fingerprint density at radius 1 is 1.40 bits per heavy atom. The van der Waals surface area contributed by atoms with Gasteiger partial charge in [-0.05, 0) is 33.5 Å². The minimum atomic E-state index is 0.306. The van der Waals surface area contributed by atoms with Gasteiger partial charge in [-0.15, -0.1) is 11.8 Å². The van der Waals surface area contributed by atoms with Crippen LogP contribution >= 0.6 is 27.7 Å². The molecule has 15 heavy (non-hydrogen) atoms. The van der Waals surface area contributed by atoms with Crippen molar-refractivity contribution in [3.05, 3.63) is 22.7 Å². The van der Waals surface area contributed by atoms with Crippen molar-refractivity contribution in [1.29, 1.82) is 0 Å². The average molecular weight is 286 g/mol. The maximum atomic E-state index is 3.64. The van der Waals surface area contributed by atoms with E-state index in [4.69, 9.17) is 0 Å². The van der Waals surface area contributed by atoms with Crippen LogP contribution in [-0.4, -0.2) is 11.8 Å². The molecule has 0 aliphatic carbocycles. The van der Waals surface area contributed by atoms with Gasteiger partial charge in [0.15, 0.2) is 0 Å². The van der Waals surface area contributed by atoms with Crippen molar-refractivity contribution in [3.63, 3.8) is 0 Å². The van der Waals surface area contributed by atoms with E-state index >= 15 is 0 Å². The Morgan fingerprint density at radius 2 is 2.13 bits per heavy atom. The van der Waals surface area contributed by atoms with Crippen LogP contribution in [0.1, 0.15) is 20.8 Å². The second-order valence-corrected chi connectivity index (χ2v) is 6.90. The van der Waals surface area contributed by atoms with E-state index in [1.54, 1.807) is 0 Å². The molecule has 82 valence electrons. The lowest BCUT2D eigenvalue weighted by Crippen LogP contribution is -2.38. The molecule has 1 aliphatic rings. The zero-order valence-electron chi connectivity index (χ0n) is 9.30. The summed E-state index contributed by atoms with van der Waals surface area (Å²) in [6.45, 7) is 6.85. The maximum absolute atomic E-state index is 3.64. The minimum absolute atomic E-state index is 0.306. The minimum Gasteiger partial charge on any atom is -0.379 e. The molecule has 1 unspecified atom stereocenters. The zero-order valence-corrected chi connectivity index (χ0v) is 11.7. The molecule has 1 atom stereocenters. The number of anilines is 1. The first-order chi connectivity index (χ1) is 6.98. The molecule has 0 bridgehead atoms. The molecule has 1 aliphatic heterocycles. The fourth-order valence-corrected chi connectivity index (χ4v) is 3.65. The number of fused-ring (bicyclic) bond motifs is 1. The van der Waals surface area contributed by atoms with Crippen LogP contribution in [0.4, 0.5) is 5.69 Å². The van der Waals surface area contributed by atoms with Gasteiger partial charge in [-0.3, -0.25) is 0 Å². The molecule has 3 heteroatoms. The van der Waals surface area contributed by atoms with Crippen LogP contribution in [-0.2, 0) is 0 Å². The molecule has 1 N–H and O–H groups in total. The first-order valence-electron chi connectivity index (χ1n) is 5.16. The van der Waals surface area contributed by atoms with Crippen molar-refractivity contribution in [2.45, 2.75) is 31.7 Å². The molecule has 0 saturated heterocycles. The van der Waals surface area contributed by atoms with Crippen LogP contribution in [0.2, 0.25) is 0 Å². The summed E-state index contributed by atoms with van der Waals surface area (Å²) in [5, 5.41) is 3.64. The highest BCUT2D eigenvalue weighted by Gasteiger charge is 2.29. The number of halogens is 1. The van der Waals surface area contributed by atoms with E-state index in [9.17, 15) is 0 Å². The standard InChI is InChI=1S/C12H16BrNS/c1-12(2,3)10-7-15-9-6-4-5-8(13)11(9)14-10/h4-6,10,14H,7H2,1-3H3. The van der Waals surface area contributed by atoms with Crippen LogP contribution < -0.4 is 5.32 Å². The summed E-state index contributed by atoms with van der Waals surface area (Å²) < 4.78 is 1.17. The maximum Gasteiger partial charge on any atom is 0.0625 e. The van der Waals surface area contributed by atoms with Crippen LogP contribution in [0.3, 0.4) is 0 Å². The quantitative estimate of drug-likeness (QED) is 0.759. The largest absolute Gasteiger partial charge is 0.379 e. The molecule has 0 spiro atoms. The number of para-hydroxylation sites is 1. The van der Waals surface area contributed by atoms with Crippen molar-refractivity contribution in [1.82, 2.24) is 0 Å². The monoisotopic (exact) mass is 285 g/mol. The van der Waals surface area contributed by atoms with Crippen LogP contribution in [0.25, 0.3) is 0 Å². The van der Waals surface area contributed by atoms with Gasteiger partial charge in [0.05, 0.1) is 5.69 Å². The third kappa shape index (κ3) is 2.34. The first-order valence-corrected chi connectivity index (χ1v) is 6.94. The highest BCUT2D eigenvalue weighted by molar-refractivity contribution is 9.10. The van der Waals surface area contributed by atoms with E-state index in [2.05, 4.69) is 60.2 Å². The highest BCUT2D eigenvalue weighted by Crippen LogP contribution is 2.41. The third-order valence-electron chi connectivity index (χ3n) is 2.74. The van der Waals surface area contributed by atoms with E-state index in [1.807, 2.05) is 11.8 Å². The molecule has 0 saturated carbocycles. The number of hydrogen-bond acceptors (Lipinski definition) is 2. The van der Waals surface area contributed by atoms with Crippen molar-refractivity contribution < 1.29 is 0 Å². The Hall–Kier alpha value is -0.150. The van der Waals surface area contributed by atoms with Gasteiger partial charge in [0, 0.05) is 21.2 Å². The topological polar surface area (TPSA) is 12.0 Å². The lowest BCUT2D eigenvalue weighted by molar-refractivity contribution is 0.361. The smallest absolute Gasteiger partial charge is 0.0625 e. The summed E-state index contributed by atoms with van der Waals surface area (Å²) in [5.41, 5.74) is 1.56. The van der Waals surface area contributed by atoms with Gasteiger partial charge in [0.25, 0.3) is 0 Å². The summed E-state index contributed by atoms with van der Waals surface area (Å²) in [7, 11) is 0. The Balaban J connectivity index is 2.30. The number of hydrogen-bond donors (Lipinski definition) is 1. The molecular formula is C12H16BrNS. The summed E-state index contributed by atoms with van der Waals surface area (Å²) >= 11 is 5.55. The van der Waals surface area contributed by atoms with Crippen molar-refractivity contribution in [2.75, 3.05) is 11.1 Å². The van der Waals surface area contributed by atoms with E-state index in [1.165, 1.54) is 15.1 Å². The van der Waals surface area contributed by atoms with Crippen LogP contribution in [0.5, 0.6) is 0 Å². The van der Waals surface area contributed by atoms with Gasteiger partial charge in [0.1, 0.15) is 0 Å². The SMILES string of the molecule is CC(C)(C)C1CSc2cccc(Br)c2N1. The number of thioether (sulfide) groups is 1. The highest BCUT2D eigenvalue weighted by atomic mass is 79.9. The average Bonchev–Trinajstić information content (AvgIpc) is 2.16. The molecule has 0 radical (unpaired) electrons. The van der Waals surface area contributed by atoms with Crippen molar-refractivity contribution >= 4 is 33.4 Å². The number of benzene rings is 1. The lowest BCUT2D eigenvalue weighted by atomic mass is 9.87. The van der Waals surface area contributed by atoms with Gasteiger partial charge in [0.2, 0.25) is 0 Å². The van der Waals surface area contributed by atoms with Crippen molar-refractivity contribution in [2.24, 2.45) is 5.41 Å². The van der Waals surface area contributed by atoms with Gasteiger partial charge in [-0.2, -0.15) is 0 Å². The van der Waals surface area contributed by atoms with Crippen LogP contribution in [0.15, 0.2) is 27.6 Å². The number of nitrogens with one attached hydrogen (secondary N) is 1. The predicted molar refractivity (Wildman–Crippen MR) is 71.7 cm³/mol. The van der Waals surface area contributed by atoms with E-state index in [-0.39, 0.29) is 0 Å². The summed E-state index contributed by atoms with van der Waals surface area (Å²) in [4.78, 5) is 1.35. The molecule has 0 aromatic heterocycles. The van der Waals surface area contributed by atoms with E-state index in [0.717, 1.165) is 5.75 Å². The molecule has 0 amide bonds. The molecule has 2 rings (SSSR count). The molecular weight excluding hydrogens is 270 g/mol. The summed E-state index contributed by atoms with van der Waals surface area (Å²) in [6, 6.07) is 6.90. The Morgan fingerprint density at radius 3 is 2.80 bits per heavy atom. The predicted octanol–water partition coefficient (Wildman–Crippen LogP) is 4.38. The Labute approximate surface area is 104 Å². The molecule has 1 heterocycles. The first kappa shape index (κ1) is 11.3. The Kier molecular flexibility index (Phi) is 3.04. The lowest BCUT2D eigenvalue weighted by Gasteiger charge is -2.36. The van der Waals surface area contributed by atoms with Crippen LogP contribution in [0, 0.1) is 5.41 Å². The molecule has 1 nitrogen and oxygen atoms in total. The normalized spacial score (nSPS) is 20.7. The second-order valence-electron chi connectivity index (χ2n) is 4.99. The van der Waals surface area contributed by atoms with Crippen molar-refractivity contribution in [3.8, 4) is 0 Å².